The number of hydroxylamine groups is 1. The number of carbonyl (C=O) groups is 2. The van der Waals surface area contributed by atoms with Gasteiger partial charge in [-0.25, -0.2) is 19.3 Å². The Labute approximate surface area is 170 Å². The highest BCUT2D eigenvalue weighted by molar-refractivity contribution is 14.1. The number of benzene rings is 1. The van der Waals surface area contributed by atoms with Crippen molar-refractivity contribution in [3.05, 3.63) is 33.2 Å². The van der Waals surface area contributed by atoms with E-state index in [2.05, 4.69) is 25.0 Å². The van der Waals surface area contributed by atoms with Gasteiger partial charge in [0.25, 0.3) is 0 Å². The van der Waals surface area contributed by atoms with Crippen LogP contribution in [0.2, 0.25) is 0 Å². The Balaban J connectivity index is 2.05. The third kappa shape index (κ3) is 5.80. The summed E-state index contributed by atoms with van der Waals surface area (Å²) in [6.45, 7) is 1.59. The number of halogens is 1. The first-order chi connectivity index (χ1) is 12.8. The Morgan fingerprint density at radius 2 is 1.93 bits per heavy atom. The first-order valence-electron chi connectivity index (χ1n) is 7.14. The number of nitrogens with zero attached hydrogens (tertiary/aromatic N) is 3. The lowest BCUT2D eigenvalue weighted by molar-refractivity contribution is 0.0596. The molecule has 144 valence electrons. The summed E-state index contributed by atoms with van der Waals surface area (Å²) in [7, 11) is 2.57. The van der Waals surface area contributed by atoms with Crippen molar-refractivity contribution in [2.24, 2.45) is 0 Å². The molecule has 2 amide bonds. The minimum atomic E-state index is -2.17. The number of anilines is 1. The molecule has 13 heteroatoms. The SMILES string of the molecule is COC(=O)c1ccc(I)cc1S(=O)ONC(=O)Nc1nc(C)nc(OC)n1. The minimum absolute atomic E-state index is 0.0175. The van der Waals surface area contributed by atoms with Crippen LogP contribution in [-0.4, -0.2) is 45.4 Å². The molecule has 1 atom stereocenters. The fourth-order valence-electron chi connectivity index (χ4n) is 1.76. The molecule has 0 spiro atoms. The molecule has 0 bridgehead atoms. The van der Waals surface area contributed by atoms with Gasteiger partial charge in [-0.1, -0.05) is 0 Å². The summed E-state index contributed by atoms with van der Waals surface area (Å²) in [5, 5.41) is 2.28. The van der Waals surface area contributed by atoms with Gasteiger partial charge >= 0.3 is 18.0 Å². The first kappa shape index (κ1) is 20.9. The van der Waals surface area contributed by atoms with Crippen molar-refractivity contribution in [1.29, 1.82) is 0 Å². The predicted molar refractivity (Wildman–Crippen MR) is 101 cm³/mol. The number of ether oxygens (including phenoxy) is 2. The maximum atomic E-state index is 12.3. The quantitative estimate of drug-likeness (QED) is 0.337. The number of hydrogen-bond donors (Lipinski definition) is 2. The van der Waals surface area contributed by atoms with Crippen molar-refractivity contribution in [2.45, 2.75) is 11.8 Å². The van der Waals surface area contributed by atoms with Crippen LogP contribution in [0.4, 0.5) is 10.7 Å². The van der Waals surface area contributed by atoms with Gasteiger partial charge in [-0.2, -0.15) is 19.2 Å². The van der Waals surface area contributed by atoms with E-state index in [-0.39, 0.29) is 22.4 Å². The van der Waals surface area contributed by atoms with Crippen LogP contribution < -0.4 is 15.5 Å². The zero-order chi connectivity index (χ0) is 20.0. The van der Waals surface area contributed by atoms with E-state index in [4.69, 9.17) is 9.02 Å². The maximum absolute atomic E-state index is 12.3. The average molecular weight is 507 g/mol. The molecule has 1 heterocycles. The molecule has 0 aliphatic rings. The number of amides is 2. The zero-order valence-corrected chi connectivity index (χ0v) is 17.3. The van der Waals surface area contributed by atoms with Crippen molar-refractivity contribution in [3.63, 3.8) is 0 Å². The first-order valence-corrected chi connectivity index (χ1v) is 9.30. The van der Waals surface area contributed by atoms with Gasteiger partial charge in [0, 0.05) is 3.57 Å². The molecule has 2 N–H and O–H groups in total. The molecule has 0 saturated carbocycles. The van der Waals surface area contributed by atoms with Crippen LogP contribution in [0.15, 0.2) is 23.1 Å². The largest absolute Gasteiger partial charge is 0.467 e. The third-order valence-corrected chi connectivity index (χ3v) is 4.48. The number of urea groups is 1. The summed E-state index contributed by atoms with van der Waals surface area (Å²) >= 11 is -0.190. The monoisotopic (exact) mass is 507 g/mol. The van der Waals surface area contributed by atoms with E-state index in [0.29, 0.717) is 9.39 Å². The van der Waals surface area contributed by atoms with E-state index >= 15 is 0 Å². The minimum Gasteiger partial charge on any atom is -0.467 e. The highest BCUT2D eigenvalue weighted by atomic mass is 127. The zero-order valence-electron chi connectivity index (χ0n) is 14.3. The van der Waals surface area contributed by atoms with E-state index in [1.807, 2.05) is 28.1 Å². The molecule has 2 aromatic rings. The summed E-state index contributed by atoms with van der Waals surface area (Å²) < 4.78 is 27.4. The lowest BCUT2D eigenvalue weighted by Crippen LogP contribution is -2.31. The van der Waals surface area contributed by atoms with Gasteiger partial charge < -0.3 is 9.47 Å². The second-order valence-corrected chi connectivity index (χ2v) is 7.02. The van der Waals surface area contributed by atoms with Crippen LogP contribution in [0.25, 0.3) is 0 Å². The van der Waals surface area contributed by atoms with Gasteiger partial charge in [-0.05, 0) is 47.7 Å². The van der Waals surface area contributed by atoms with Crippen LogP contribution in [0.5, 0.6) is 6.01 Å². The van der Waals surface area contributed by atoms with Crippen LogP contribution in [0, 0.1) is 10.5 Å². The summed E-state index contributed by atoms with van der Waals surface area (Å²) in [5.74, 6) is -0.450. The number of hydrogen-bond acceptors (Lipinski definition) is 9. The Hall–Kier alpha value is -2.39. The molecule has 0 radical (unpaired) electrons. The Bertz CT molecular complexity index is 896. The number of aromatic nitrogens is 3. The lowest BCUT2D eigenvalue weighted by atomic mass is 10.2. The number of nitrogens with one attached hydrogen (secondary N) is 2. The lowest BCUT2D eigenvalue weighted by Gasteiger charge is -2.09. The van der Waals surface area contributed by atoms with Gasteiger partial charge in [0.1, 0.15) is 5.82 Å². The number of carbonyl (C=O) groups excluding carboxylic acids is 2. The highest BCUT2D eigenvalue weighted by Gasteiger charge is 2.19. The van der Waals surface area contributed by atoms with Crippen LogP contribution in [0.1, 0.15) is 16.2 Å². The smallest absolute Gasteiger partial charge is 0.346 e. The molecule has 27 heavy (non-hydrogen) atoms. The van der Waals surface area contributed by atoms with Crippen molar-refractivity contribution in [2.75, 3.05) is 19.5 Å². The molecule has 1 aromatic heterocycles. The summed E-state index contributed by atoms with van der Waals surface area (Å²) in [4.78, 5) is 35.3. The standard InChI is InChI=1S/C14H14IN5O6S/c1-7-16-12(19-14(17-7)25-3)18-13(22)20-26-27(23)10-6-8(15)4-5-9(10)11(21)24-2/h4-6H,1-3H3,(H2,16,17,18,19,20,22). The van der Waals surface area contributed by atoms with Gasteiger partial charge in [0.2, 0.25) is 17.0 Å². The van der Waals surface area contributed by atoms with Gasteiger partial charge in [0.15, 0.2) is 0 Å². The van der Waals surface area contributed by atoms with E-state index in [9.17, 15) is 13.8 Å². The van der Waals surface area contributed by atoms with Crippen LogP contribution in [-0.2, 0) is 20.1 Å². The third-order valence-electron chi connectivity index (χ3n) is 2.87. The summed E-state index contributed by atoms with van der Waals surface area (Å²) in [6, 6.07) is 3.70. The molecule has 1 unspecified atom stereocenters. The van der Waals surface area contributed by atoms with Crippen molar-refractivity contribution in [3.8, 4) is 6.01 Å². The van der Waals surface area contributed by atoms with Crippen LogP contribution in [0.3, 0.4) is 0 Å². The maximum Gasteiger partial charge on any atom is 0.346 e. The second kappa shape index (κ2) is 9.52. The fourth-order valence-corrected chi connectivity index (χ4v) is 3.26. The fraction of sp³-hybridized carbons (Fsp3) is 0.214. The molecule has 1 aromatic carbocycles. The molecule has 2 rings (SSSR count). The van der Waals surface area contributed by atoms with Crippen molar-refractivity contribution in [1.82, 2.24) is 20.4 Å². The second-order valence-electron chi connectivity index (χ2n) is 4.70. The van der Waals surface area contributed by atoms with Crippen molar-refractivity contribution >= 4 is 51.6 Å². The highest BCUT2D eigenvalue weighted by Crippen LogP contribution is 2.19. The predicted octanol–water partition coefficient (Wildman–Crippen LogP) is 1.36. The van der Waals surface area contributed by atoms with Gasteiger partial charge in [-0.3, -0.25) is 5.32 Å². The van der Waals surface area contributed by atoms with Crippen molar-refractivity contribution < 1.29 is 27.6 Å². The molecular weight excluding hydrogens is 493 g/mol. The van der Waals surface area contributed by atoms with E-state index in [1.54, 1.807) is 13.0 Å². The summed E-state index contributed by atoms with van der Waals surface area (Å²) in [6.07, 6.45) is 0. The molecule has 0 fully saturated rings. The number of rotatable bonds is 6. The Morgan fingerprint density at radius 1 is 1.19 bits per heavy atom. The molecule has 11 nitrogen and oxygen atoms in total. The Morgan fingerprint density at radius 3 is 2.59 bits per heavy atom. The molecular formula is C14H14IN5O6S. The van der Waals surface area contributed by atoms with E-state index < -0.39 is 23.1 Å². The van der Waals surface area contributed by atoms with Gasteiger partial charge in [0.05, 0.1) is 24.7 Å². The van der Waals surface area contributed by atoms with Crippen LogP contribution >= 0.6 is 22.6 Å². The average Bonchev–Trinajstić information content (AvgIpc) is 2.64. The summed E-state index contributed by atoms with van der Waals surface area (Å²) in [5.41, 5.74) is 2.00. The topological polar surface area (TPSA) is 142 Å². The van der Waals surface area contributed by atoms with E-state index in [1.165, 1.54) is 26.4 Å². The molecule has 0 aliphatic heterocycles. The Kier molecular flexibility index (Phi) is 7.37. The number of aryl methyl sites for hydroxylation is 1. The normalized spacial score (nSPS) is 11.4. The number of esters is 1. The van der Waals surface area contributed by atoms with E-state index in [0.717, 1.165) is 0 Å². The molecule has 0 aliphatic carbocycles. The number of methoxy groups -OCH3 is 2. The van der Waals surface area contributed by atoms with Gasteiger partial charge in [-0.15, -0.1) is 0 Å². The molecule has 0 saturated heterocycles.